The molecule has 0 aromatic heterocycles. The Bertz CT molecular complexity index is 845. The zero-order valence-electron chi connectivity index (χ0n) is 16.4. The number of carbonyl (C=O) groups is 1. The summed E-state index contributed by atoms with van der Waals surface area (Å²) in [5.74, 6) is 0.999. The average molecular weight is 409 g/mol. The van der Waals surface area contributed by atoms with Gasteiger partial charge in [0.1, 0.15) is 6.54 Å². The fraction of sp³-hybridized carbons (Fsp3) is 0.381. The van der Waals surface area contributed by atoms with E-state index in [1.807, 2.05) is 0 Å². The third-order valence-electron chi connectivity index (χ3n) is 5.12. The fourth-order valence-electron chi connectivity index (χ4n) is 3.45. The molecule has 0 radical (unpaired) electrons. The minimum atomic E-state index is -4.32. The Morgan fingerprint density at radius 1 is 1.00 bits per heavy atom. The molecule has 1 heterocycles. The number of ether oxygens (including phenoxy) is 2. The van der Waals surface area contributed by atoms with Crippen LogP contribution in [0.4, 0.5) is 13.2 Å². The zero-order valence-corrected chi connectivity index (χ0v) is 16.4. The van der Waals surface area contributed by atoms with E-state index in [9.17, 15) is 18.0 Å². The van der Waals surface area contributed by atoms with Crippen LogP contribution in [0.2, 0.25) is 0 Å². The molecule has 1 aliphatic heterocycles. The summed E-state index contributed by atoms with van der Waals surface area (Å²) in [5, 5.41) is 0. The molecule has 1 aliphatic rings. The van der Waals surface area contributed by atoms with E-state index in [0.29, 0.717) is 36.7 Å². The Morgan fingerprint density at radius 2 is 1.62 bits per heavy atom. The topological polar surface area (TPSA) is 43.2 Å². The first-order valence-electron chi connectivity index (χ1n) is 9.33. The van der Waals surface area contributed by atoms with E-state index < -0.39 is 11.7 Å². The second-order valence-corrected chi connectivity index (χ2v) is 6.98. The number of nitrogens with zero attached hydrogens (tertiary/aromatic N) is 1. The van der Waals surface area contributed by atoms with Gasteiger partial charge in [-0.1, -0.05) is 12.1 Å². The lowest BCUT2D eigenvalue weighted by molar-refractivity contribution is -0.917. The van der Waals surface area contributed by atoms with Gasteiger partial charge in [0.2, 0.25) is 0 Å². The van der Waals surface area contributed by atoms with Gasteiger partial charge in [-0.05, 0) is 30.3 Å². The van der Waals surface area contributed by atoms with Crippen LogP contribution < -0.4 is 14.4 Å². The van der Waals surface area contributed by atoms with Crippen LogP contribution in [0, 0.1) is 0 Å². The Morgan fingerprint density at radius 3 is 2.17 bits per heavy atom. The highest BCUT2D eigenvalue weighted by atomic mass is 19.4. The standard InChI is InChI=1S/C21H23F3N2O3/c1-28-18-8-5-16(13-19(18)29-2)20(27)26-11-9-25(10-12-26)14-15-3-6-17(7-4-15)21(22,23)24/h3-8,13H,9-12,14H2,1-2H3/p+1. The third-order valence-corrected chi connectivity index (χ3v) is 5.12. The first-order valence-corrected chi connectivity index (χ1v) is 9.33. The second-order valence-electron chi connectivity index (χ2n) is 6.98. The van der Waals surface area contributed by atoms with Crippen molar-refractivity contribution >= 4 is 5.91 Å². The molecule has 5 nitrogen and oxygen atoms in total. The zero-order chi connectivity index (χ0) is 21.0. The number of carbonyl (C=O) groups excluding carboxylic acids is 1. The molecule has 1 N–H and O–H groups in total. The molecule has 3 rings (SSSR count). The van der Waals surface area contributed by atoms with Gasteiger partial charge in [0, 0.05) is 11.1 Å². The highest BCUT2D eigenvalue weighted by Crippen LogP contribution is 2.29. The van der Waals surface area contributed by atoms with E-state index in [0.717, 1.165) is 30.8 Å². The first-order chi connectivity index (χ1) is 13.8. The number of alkyl halides is 3. The van der Waals surface area contributed by atoms with E-state index in [2.05, 4.69) is 0 Å². The number of amides is 1. The van der Waals surface area contributed by atoms with Gasteiger partial charge in [0.05, 0.1) is 46.0 Å². The monoisotopic (exact) mass is 409 g/mol. The van der Waals surface area contributed by atoms with E-state index >= 15 is 0 Å². The second kappa shape index (κ2) is 8.73. The predicted molar refractivity (Wildman–Crippen MR) is 101 cm³/mol. The SMILES string of the molecule is COc1ccc(C(=O)N2CC[NH+](Cc3ccc(C(F)(F)F)cc3)CC2)cc1OC. The van der Waals surface area contributed by atoms with Gasteiger partial charge in [0.25, 0.3) is 5.91 Å². The van der Waals surface area contributed by atoms with Crippen LogP contribution in [0.3, 0.4) is 0 Å². The lowest BCUT2D eigenvalue weighted by Crippen LogP contribution is -3.13. The normalized spacial score (nSPS) is 15.3. The number of halogens is 3. The van der Waals surface area contributed by atoms with Crippen LogP contribution in [-0.4, -0.2) is 51.2 Å². The van der Waals surface area contributed by atoms with Gasteiger partial charge >= 0.3 is 6.18 Å². The molecular weight excluding hydrogens is 385 g/mol. The lowest BCUT2D eigenvalue weighted by Gasteiger charge is -2.32. The number of hydrogen-bond donors (Lipinski definition) is 1. The van der Waals surface area contributed by atoms with Gasteiger partial charge in [-0.25, -0.2) is 0 Å². The lowest BCUT2D eigenvalue weighted by atomic mass is 10.1. The summed E-state index contributed by atoms with van der Waals surface area (Å²) < 4.78 is 48.5. The van der Waals surface area contributed by atoms with Gasteiger partial charge in [-0.2, -0.15) is 13.2 Å². The highest BCUT2D eigenvalue weighted by molar-refractivity contribution is 5.95. The summed E-state index contributed by atoms with van der Waals surface area (Å²) in [6, 6.07) is 10.4. The maximum atomic E-state index is 12.8. The molecule has 0 spiro atoms. The van der Waals surface area contributed by atoms with Crippen molar-refractivity contribution in [2.75, 3.05) is 40.4 Å². The molecule has 0 atom stereocenters. The molecule has 0 unspecified atom stereocenters. The minimum Gasteiger partial charge on any atom is -0.493 e. The largest absolute Gasteiger partial charge is 0.493 e. The van der Waals surface area contributed by atoms with Crippen LogP contribution in [0.1, 0.15) is 21.5 Å². The number of piperazine rings is 1. The summed E-state index contributed by atoms with van der Waals surface area (Å²) in [7, 11) is 3.06. The molecule has 1 amide bonds. The maximum absolute atomic E-state index is 12.8. The number of hydrogen-bond acceptors (Lipinski definition) is 3. The molecule has 0 saturated carbocycles. The first kappa shape index (κ1) is 21.0. The van der Waals surface area contributed by atoms with Crippen LogP contribution in [0.5, 0.6) is 11.5 Å². The van der Waals surface area contributed by atoms with Gasteiger partial charge in [-0.15, -0.1) is 0 Å². The number of rotatable bonds is 5. The van der Waals surface area contributed by atoms with E-state index in [4.69, 9.17) is 9.47 Å². The highest BCUT2D eigenvalue weighted by Gasteiger charge is 2.30. The van der Waals surface area contributed by atoms with Crippen LogP contribution in [-0.2, 0) is 12.7 Å². The predicted octanol–water partition coefficient (Wildman–Crippen LogP) is 2.26. The fourth-order valence-corrected chi connectivity index (χ4v) is 3.45. The molecule has 2 aromatic carbocycles. The summed E-state index contributed by atoms with van der Waals surface area (Å²) >= 11 is 0. The molecule has 1 saturated heterocycles. The molecule has 156 valence electrons. The Kier molecular flexibility index (Phi) is 6.32. The van der Waals surface area contributed by atoms with Crippen molar-refractivity contribution in [2.24, 2.45) is 0 Å². The summed E-state index contributed by atoms with van der Waals surface area (Å²) in [6.07, 6.45) is -4.32. The molecule has 1 fully saturated rings. The van der Waals surface area contributed by atoms with E-state index in [1.54, 1.807) is 23.1 Å². The van der Waals surface area contributed by atoms with E-state index in [1.165, 1.54) is 31.3 Å². The van der Waals surface area contributed by atoms with Gasteiger partial charge in [0.15, 0.2) is 11.5 Å². The maximum Gasteiger partial charge on any atom is 0.416 e. The van der Waals surface area contributed by atoms with Crippen molar-refractivity contribution in [3.05, 3.63) is 59.2 Å². The van der Waals surface area contributed by atoms with Crippen molar-refractivity contribution in [1.82, 2.24) is 4.90 Å². The van der Waals surface area contributed by atoms with Crippen molar-refractivity contribution in [3.63, 3.8) is 0 Å². The molecule has 29 heavy (non-hydrogen) atoms. The molecular formula is C21H24F3N2O3+. The number of methoxy groups -OCH3 is 2. The van der Waals surface area contributed by atoms with E-state index in [-0.39, 0.29) is 5.91 Å². The van der Waals surface area contributed by atoms with Gasteiger partial charge in [-0.3, -0.25) is 4.79 Å². The van der Waals surface area contributed by atoms with Crippen molar-refractivity contribution < 1.29 is 32.3 Å². The smallest absolute Gasteiger partial charge is 0.416 e. The summed E-state index contributed by atoms with van der Waals surface area (Å²) in [6.45, 7) is 3.28. The molecule has 2 aromatic rings. The summed E-state index contributed by atoms with van der Waals surface area (Å²) in [5.41, 5.74) is 0.753. The van der Waals surface area contributed by atoms with Crippen molar-refractivity contribution in [1.29, 1.82) is 0 Å². The Hall–Kier alpha value is -2.74. The number of quaternary nitrogens is 1. The Balaban J connectivity index is 1.57. The quantitative estimate of drug-likeness (QED) is 0.824. The van der Waals surface area contributed by atoms with Crippen LogP contribution in [0.25, 0.3) is 0 Å². The minimum absolute atomic E-state index is 0.0699. The average Bonchev–Trinajstić information content (AvgIpc) is 2.73. The number of benzene rings is 2. The summed E-state index contributed by atoms with van der Waals surface area (Å²) in [4.78, 5) is 15.8. The van der Waals surface area contributed by atoms with Crippen LogP contribution in [0.15, 0.2) is 42.5 Å². The third kappa shape index (κ3) is 5.00. The Labute approximate surface area is 167 Å². The van der Waals surface area contributed by atoms with Crippen LogP contribution >= 0.6 is 0 Å². The molecule has 0 aliphatic carbocycles. The molecule has 8 heteroatoms. The molecule has 0 bridgehead atoms. The van der Waals surface area contributed by atoms with Gasteiger partial charge < -0.3 is 19.3 Å². The number of nitrogens with one attached hydrogen (secondary N) is 1. The van der Waals surface area contributed by atoms with Crippen molar-refractivity contribution in [2.45, 2.75) is 12.7 Å². The van der Waals surface area contributed by atoms with Crippen molar-refractivity contribution in [3.8, 4) is 11.5 Å².